The summed E-state index contributed by atoms with van der Waals surface area (Å²) in [6, 6.07) is 10.2. The van der Waals surface area contributed by atoms with E-state index in [1.807, 2.05) is 32.9 Å². The van der Waals surface area contributed by atoms with Crippen molar-refractivity contribution in [3.05, 3.63) is 58.7 Å². The smallest absolute Gasteiger partial charge is 0.325 e. The average Bonchev–Trinajstić information content (AvgIpc) is 2.88. The van der Waals surface area contributed by atoms with Crippen molar-refractivity contribution < 1.29 is 19.1 Å². The van der Waals surface area contributed by atoms with Gasteiger partial charge in [-0.25, -0.2) is 4.79 Å². The number of hydrogen-bond donors (Lipinski definition) is 2. The third-order valence-electron chi connectivity index (χ3n) is 5.34. The predicted octanol–water partition coefficient (Wildman–Crippen LogP) is 3.03. The summed E-state index contributed by atoms with van der Waals surface area (Å²) in [7, 11) is 1.57. The van der Waals surface area contributed by atoms with Gasteiger partial charge in [0.05, 0.1) is 7.11 Å². The summed E-state index contributed by atoms with van der Waals surface area (Å²) in [6.45, 7) is 7.07. The Morgan fingerprint density at radius 1 is 1.07 bits per heavy atom. The lowest BCUT2D eigenvalue weighted by atomic mass is 9.90. The second kappa shape index (κ2) is 7.58. The molecule has 1 aliphatic rings. The Balaban J connectivity index is 1.76. The van der Waals surface area contributed by atoms with E-state index in [9.17, 15) is 14.4 Å². The van der Waals surface area contributed by atoms with Crippen LogP contribution >= 0.6 is 0 Å². The Labute approximate surface area is 170 Å². The van der Waals surface area contributed by atoms with Gasteiger partial charge >= 0.3 is 6.03 Å². The number of benzene rings is 2. The quantitative estimate of drug-likeness (QED) is 0.762. The van der Waals surface area contributed by atoms with Crippen molar-refractivity contribution in [3.8, 4) is 5.75 Å². The van der Waals surface area contributed by atoms with Crippen molar-refractivity contribution >= 4 is 23.5 Å². The topological polar surface area (TPSA) is 87.7 Å². The Kier molecular flexibility index (Phi) is 5.33. The largest absolute Gasteiger partial charge is 0.496 e. The highest BCUT2D eigenvalue weighted by molar-refractivity contribution is 6.10. The van der Waals surface area contributed by atoms with Crippen LogP contribution in [0.1, 0.15) is 29.2 Å². The highest BCUT2D eigenvalue weighted by Crippen LogP contribution is 2.31. The van der Waals surface area contributed by atoms with E-state index in [1.54, 1.807) is 38.3 Å². The molecule has 29 heavy (non-hydrogen) atoms. The fourth-order valence-corrected chi connectivity index (χ4v) is 3.39. The molecule has 3 rings (SSSR count). The van der Waals surface area contributed by atoms with E-state index in [-0.39, 0.29) is 6.54 Å². The van der Waals surface area contributed by atoms with E-state index in [0.717, 1.165) is 21.6 Å². The summed E-state index contributed by atoms with van der Waals surface area (Å²) >= 11 is 0. The number of nitrogens with one attached hydrogen (secondary N) is 2. The first-order valence-electron chi connectivity index (χ1n) is 9.32. The van der Waals surface area contributed by atoms with Crippen LogP contribution < -0.4 is 15.4 Å². The molecule has 1 fully saturated rings. The summed E-state index contributed by atoms with van der Waals surface area (Å²) in [5.41, 5.74) is 3.02. The van der Waals surface area contributed by atoms with Crippen LogP contribution in [0.4, 0.5) is 10.5 Å². The third kappa shape index (κ3) is 3.81. The number of rotatable bonds is 5. The number of methoxy groups -OCH3 is 1. The molecule has 0 spiro atoms. The zero-order chi connectivity index (χ0) is 21.3. The highest BCUT2D eigenvalue weighted by Gasteiger charge is 2.49. The molecule has 1 atom stereocenters. The molecule has 4 amide bonds. The Bertz CT molecular complexity index is 1000. The van der Waals surface area contributed by atoms with Gasteiger partial charge in [0.15, 0.2) is 0 Å². The first-order valence-corrected chi connectivity index (χ1v) is 9.32. The number of carbonyl (C=O) groups is 3. The molecule has 0 aromatic heterocycles. The molecule has 0 aliphatic carbocycles. The SMILES string of the molecule is COc1ccc(C2(C)NC(=O)N(CC(=O)Nc3ccc(C)c(C)c3)C2=O)cc1C. The summed E-state index contributed by atoms with van der Waals surface area (Å²) in [6.07, 6.45) is 0. The maximum absolute atomic E-state index is 13.0. The number of urea groups is 1. The van der Waals surface area contributed by atoms with Gasteiger partial charge in [0.2, 0.25) is 5.91 Å². The van der Waals surface area contributed by atoms with Crippen LogP contribution in [-0.4, -0.2) is 36.4 Å². The van der Waals surface area contributed by atoms with Crippen molar-refractivity contribution in [1.82, 2.24) is 10.2 Å². The Morgan fingerprint density at radius 2 is 1.79 bits per heavy atom. The first kappa shape index (κ1) is 20.4. The zero-order valence-electron chi connectivity index (χ0n) is 17.3. The molecule has 1 heterocycles. The summed E-state index contributed by atoms with van der Waals surface area (Å²) in [4.78, 5) is 38.9. The number of ether oxygens (including phenoxy) is 1. The second-order valence-corrected chi connectivity index (χ2v) is 7.48. The molecule has 1 unspecified atom stereocenters. The number of hydrogen-bond acceptors (Lipinski definition) is 4. The molecule has 0 bridgehead atoms. The van der Waals surface area contributed by atoms with E-state index in [2.05, 4.69) is 10.6 Å². The molecule has 152 valence electrons. The number of aryl methyl sites for hydroxylation is 3. The molecule has 1 saturated heterocycles. The number of nitrogens with zero attached hydrogens (tertiary/aromatic N) is 1. The van der Waals surface area contributed by atoms with Gasteiger partial charge in [-0.2, -0.15) is 0 Å². The lowest BCUT2D eigenvalue weighted by molar-refractivity contribution is -0.133. The van der Waals surface area contributed by atoms with Crippen molar-refractivity contribution in [1.29, 1.82) is 0 Å². The van der Waals surface area contributed by atoms with Gasteiger partial charge in [0.25, 0.3) is 5.91 Å². The molecule has 1 aliphatic heterocycles. The van der Waals surface area contributed by atoms with Crippen LogP contribution in [0.2, 0.25) is 0 Å². The van der Waals surface area contributed by atoms with E-state index in [1.165, 1.54) is 0 Å². The van der Waals surface area contributed by atoms with Crippen LogP contribution in [0.5, 0.6) is 5.75 Å². The van der Waals surface area contributed by atoms with Crippen LogP contribution in [0.3, 0.4) is 0 Å². The minimum atomic E-state index is -1.24. The standard InChI is InChI=1S/C22H25N3O4/c1-13-6-8-17(11-14(13)2)23-19(26)12-25-20(27)22(4,24-21(25)28)16-7-9-18(29-5)15(3)10-16/h6-11H,12H2,1-5H3,(H,23,26)(H,24,28). The third-order valence-corrected chi connectivity index (χ3v) is 5.34. The van der Waals surface area contributed by atoms with Gasteiger partial charge in [-0.05, 0) is 74.2 Å². The average molecular weight is 395 g/mol. The minimum absolute atomic E-state index is 0.359. The Morgan fingerprint density at radius 3 is 2.41 bits per heavy atom. The van der Waals surface area contributed by atoms with Gasteiger partial charge in [-0.1, -0.05) is 12.1 Å². The number of anilines is 1. The van der Waals surface area contributed by atoms with E-state index in [0.29, 0.717) is 17.0 Å². The van der Waals surface area contributed by atoms with Gasteiger partial charge in [0.1, 0.15) is 17.8 Å². The van der Waals surface area contributed by atoms with Crippen LogP contribution in [0.25, 0.3) is 0 Å². The molecule has 7 nitrogen and oxygen atoms in total. The zero-order valence-corrected chi connectivity index (χ0v) is 17.3. The molecular weight excluding hydrogens is 370 g/mol. The number of imide groups is 1. The van der Waals surface area contributed by atoms with Gasteiger partial charge in [0, 0.05) is 5.69 Å². The van der Waals surface area contributed by atoms with Gasteiger partial charge in [-0.15, -0.1) is 0 Å². The van der Waals surface area contributed by atoms with E-state index in [4.69, 9.17) is 4.74 Å². The fraction of sp³-hybridized carbons (Fsp3) is 0.318. The lowest BCUT2D eigenvalue weighted by Gasteiger charge is -2.23. The molecule has 0 radical (unpaired) electrons. The van der Waals surface area contributed by atoms with Gasteiger partial charge in [-0.3, -0.25) is 14.5 Å². The van der Waals surface area contributed by atoms with Crippen molar-refractivity contribution in [2.24, 2.45) is 0 Å². The molecule has 7 heteroatoms. The second-order valence-electron chi connectivity index (χ2n) is 7.48. The van der Waals surface area contributed by atoms with Crippen LogP contribution in [-0.2, 0) is 15.1 Å². The molecule has 2 aromatic carbocycles. The van der Waals surface area contributed by atoms with Crippen molar-refractivity contribution in [2.75, 3.05) is 19.0 Å². The van der Waals surface area contributed by atoms with Crippen LogP contribution in [0, 0.1) is 20.8 Å². The van der Waals surface area contributed by atoms with E-state index < -0.39 is 23.4 Å². The summed E-state index contributed by atoms with van der Waals surface area (Å²) in [5, 5.41) is 5.45. The molecule has 2 aromatic rings. The predicted molar refractivity (Wildman–Crippen MR) is 110 cm³/mol. The highest BCUT2D eigenvalue weighted by atomic mass is 16.5. The maximum Gasteiger partial charge on any atom is 0.325 e. The molecule has 2 N–H and O–H groups in total. The monoisotopic (exact) mass is 395 g/mol. The Hall–Kier alpha value is -3.35. The number of carbonyl (C=O) groups excluding carboxylic acids is 3. The summed E-state index contributed by atoms with van der Waals surface area (Å²) < 4.78 is 5.25. The van der Waals surface area contributed by atoms with Crippen molar-refractivity contribution in [3.63, 3.8) is 0 Å². The maximum atomic E-state index is 13.0. The summed E-state index contributed by atoms with van der Waals surface area (Å²) in [5.74, 6) is -0.215. The molecular formula is C22H25N3O4. The normalized spacial score (nSPS) is 18.6. The lowest BCUT2D eigenvalue weighted by Crippen LogP contribution is -2.42. The minimum Gasteiger partial charge on any atom is -0.496 e. The van der Waals surface area contributed by atoms with Crippen molar-refractivity contribution in [2.45, 2.75) is 33.2 Å². The number of amides is 4. The molecule has 0 saturated carbocycles. The first-order chi connectivity index (χ1) is 13.7. The fourth-order valence-electron chi connectivity index (χ4n) is 3.39. The van der Waals surface area contributed by atoms with Gasteiger partial charge < -0.3 is 15.4 Å². The van der Waals surface area contributed by atoms with E-state index >= 15 is 0 Å². The van der Waals surface area contributed by atoms with Crippen LogP contribution in [0.15, 0.2) is 36.4 Å².